The molecule has 0 aliphatic heterocycles. The number of carbonyl (C=O) groups excluding carboxylic acids is 2. The Hall–Kier alpha value is -2.06. The number of nitrogens with one attached hydrogen (secondary N) is 1. The van der Waals surface area contributed by atoms with E-state index in [4.69, 9.17) is 10.5 Å². The standard InChI is InChI=1S/C17H21N3O3S2/c1-11(2)14-8-19-17(25-14)20-15(21)13(23-16(18)22)10-24-9-12-6-4-3-5-7-12/h3-8,11,13H,9-10H2,1-2H3,(H2,18,22)(H,19,20,21). The molecule has 2 rings (SSSR count). The van der Waals surface area contributed by atoms with E-state index in [2.05, 4.69) is 24.1 Å². The Labute approximate surface area is 155 Å². The lowest BCUT2D eigenvalue weighted by Crippen LogP contribution is -2.36. The maximum Gasteiger partial charge on any atom is 0.405 e. The van der Waals surface area contributed by atoms with E-state index in [-0.39, 0.29) is 0 Å². The van der Waals surface area contributed by atoms with Gasteiger partial charge in [-0.05, 0) is 11.5 Å². The Morgan fingerprint density at radius 2 is 2.04 bits per heavy atom. The van der Waals surface area contributed by atoms with Gasteiger partial charge in [0.1, 0.15) is 0 Å². The molecular formula is C17H21N3O3S2. The van der Waals surface area contributed by atoms with Crippen molar-refractivity contribution in [3.63, 3.8) is 0 Å². The van der Waals surface area contributed by atoms with Crippen LogP contribution in [0.15, 0.2) is 36.5 Å². The Morgan fingerprint density at radius 1 is 1.32 bits per heavy atom. The third-order valence-corrected chi connectivity index (χ3v) is 5.54. The maximum absolute atomic E-state index is 12.4. The van der Waals surface area contributed by atoms with E-state index < -0.39 is 18.1 Å². The summed E-state index contributed by atoms with van der Waals surface area (Å²) < 4.78 is 4.96. The van der Waals surface area contributed by atoms with E-state index in [9.17, 15) is 9.59 Å². The van der Waals surface area contributed by atoms with Gasteiger partial charge in [-0.25, -0.2) is 9.78 Å². The average Bonchev–Trinajstić information content (AvgIpc) is 3.03. The van der Waals surface area contributed by atoms with Crippen LogP contribution in [0.5, 0.6) is 0 Å². The Bertz CT molecular complexity index is 704. The fourth-order valence-electron chi connectivity index (χ4n) is 1.96. The lowest BCUT2D eigenvalue weighted by atomic mass is 10.2. The molecule has 0 radical (unpaired) electrons. The SMILES string of the molecule is CC(C)c1cnc(NC(=O)C(CSCc2ccccc2)OC(N)=O)s1. The molecule has 1 unspecified atom stereocenters. The number of benzene rings is 1. The molecule has 3 N–H and O–H groups in total. The van der Waals surface area contributed by atoms with E-state index in [0.717, 1.165) is 10.4 Å². The summed E-state index contributed by atoms with van der Waals surface area (Å²) in [7, 11) is 0. The quantitative estimate of drug-likeness (QED) is 0.731. The van der Waals surface area contributed by atoms with Crippen LogP contribution in [0, 0.1) is 0 Å². The van der Waals surface area contributed by atoms with Gasteiger partial charge in [-0.15, -0.1) is 11.3 Å². The van der Waals surface area contributed by atoms with Gasteiger partial charge in [0.2, 0.25) is 0 Å². The minimum Gasteiger partial charge on any atom is -0.435 e. The summed E-state index contributed by atoms with van der Waals surface area (Å²) in [6.45, 7) is 4.11. The highest BCUT2D eigenvalue weighted by molar-refractivity contribution is 7.98. The molecule has 6 nitrogen and oxygen atoms in total. The van der Waals surface area contributed by atoms with Gasteiger partial charge >= 0.3 is 6.09 Å². The van der Waals surface area contributed by atoms with Crippen LogP contribution in [0.1, 0.15) is 30.2 Å². The molecule has 1 atom stereocenters. The zero-order valence-corrected chi connectivity index (χ0v) is 15.7. The van der Waals surface area contributed by atoms with Crippen LogP contribution < -0.4 is 11.1 Å². The predicted molar refractivity (Wildman–Crippen MR) is 102 cm³/mol. The second-order valence-corrected chi connectivity index (χ2v) is 7.73. The second kappa shape index (κ2) is 9.43. The van der Waals surface area contributed by atoms with Crippen molar-refractivity contribution in [3.8, 4) is 0 Å². The highest BCUT2D eigenvalue weighted by Crippen LogP contribution is 2.25. The summed E-state index contributed by atoms with van der Waals surface area (Å²) >= 11 is 2.90. The molecule has 1 aromatic carbocycles. The van der Waals surface area contributed by atoms with Crippen molar-refractivity contribution in [2.45, 2.75) is 31.6 Å². The van der Waals surface area contributed by atoms with Gasteiger partial charge in [-0.2, -0.15) is 11.8 Å². The normalized spacial score (nSPS) is 12.0. The van der Waals surface area contributed by atoms with Gasteiger partial charge in [-0.1, -0.05) is 44.2 Å². The summed E-state index contributed by atoms with van der Waals surface area (Å²) in [5.74, 6) is 0.930. The van der Waals surface area contributed by atoms with Crippen molar-refractivity contribution < 1.29 is 14.3 Å². The zero-order chi connectivity index (χ0) is 18.2. The topological polar surface area (TPSA) is 94.3 Å². The number of ether oxygens (including phenoxy) is 1. The smallest absolute Gasteiger partial charge is 0.405 e. The first-order chi connectivity index (χ1) is 12.0. The molecule has 0 aliphatic rings. The molecule has 0 fully saturated rings. The molecule has 0 bridgehead atoms. The number of anilines is 1. The van der Waals surface area contributed by atoms with Crippen LogP contribution in [0.3, 0.4) is 0 Å². The highest BCUT2D eigenvalue weighted by Gasteiger charge is 2.23. The number of carbonyl (C=O) groups is 2. The van der Waals surface area contributed by atoms with E-state index in [0.29, 0.717) is 22.6 Å². The van der Waals surface area contributed by atoms with Crippen LogP contribution in [-0.2, 0) is 15.3 Å². The van der Waals surface area contributed by atoms with Crippen LogP contribution in [0.2, 0.25) is 0 Å². The first-order valence-corrected chi connectivity index (χ1v) is 9.77. The van der Waals surface area contributed by atoms with Gasteiger partial charge in [0.25, 0.3) is 5.91 Å². The Kier molecular flexibility index (Phi) is 7.27. The Morgan fingerprint density at radius 3 is 2.64 bits per heavy atom. The summed E-state index contributed by atoms with van der Waals surface area (Å²) in [6, 6.07) is 9.85. The summed E-state index contributed by atoms with van der Waals surface area (Å²) in [4.78, 5) is 28.7. The van der Waals surface area contributed by atoms with Crippen molar-refractivity contribution in [1.29, 1.82) is 0 Å². The molecule has 0 spiro atoms. The zero-order valence-electron chi connectivity index (χ0n) is 14.1. The van der Waals surface area contributed by atoms with Crippen LogP contribution >= 0.6 is 23.1 Å². The van der Waals surface area contributed by atoms with Gasteiger partial charge in [0.05, 0.1) is 0 Å². The van der Waals surface area contributed by atoms with E-state index in [1.54, 1.807) is 6.20 Å². The van der Waals surface area contributed by atoms with Crippen LogP contribution in [0.25, 0.3) is 0 Å². The van der Waals surface area contributed by atoms with Crippen molar-refractivity contribution in [1.82, 2.24) is 4.98 Å². The molecule has 8 heteroatoms. The summed E-state index contributed by atoms with van der Waals surface area (Å²) in [5, 5.41) is 3.18. The van der Waals surface area contributed by atoms with Gasteiger partial charge < -0.3 is 10.5 Å². The van der Waals surface area contributed by atoms with Gasteiger partial charge in [0, 0.05) is 22.6 Å². The summed E-state index contributed by atoms with van der Waals surface area (Å²) in [5.41, 5.74) is 6.22. The van der Waals surface area contributed by atoms with Crippen LogP contribution in [-0.4, -0.2) is 28.8 Å². The number of amides is 2. The molecule has 25 heavy (non-hydrogen) atoms. The van der Waals surface area contributed by atoms with Crippen molar-refractivity contribution in [2.75, 3.05) is 11.1 Å². The third kappa shape index (κ3) is 6.39. The number of primary amides is 1. The van der Waals surface area contributed by atoms with E-state index in [1.165, 1.54) is 23.1 Å². The number of thioether (sulfide) groups is 1. The minimum atomic E-state index is -0.970. The van der Waals surface area contributed by atoms with Gasteiger partial charge in [-0.3, -0.25) is 10.1 Å². The molecule has 2 aromatic rings. The fourth-order valence-corrected chi connectivity index (χ4v) is 3.76. The highest BCUT2D eigenvalue weighted by atomic mass is 32.2. The Balaban J connectivity index is 1.92. The first kappa shape index (κ1) is 19.3. The van der Waals surface area contributed by atoms with Crippen molar-refractivity contribution in [2.24, 2.45) is 5.73 Å². The van der Waals surface area contributed by atoms with E-state index in [1.807, 2.05) is 30.3 Å². The molecule has 0 saturated carbocycles. The lowest BCUT2D eigenvalue weighted by molar-refractivity contribution is -0.123. The minimum absolute atomic E-state index is 0.312. The molecule has 1 aromatic heterocycles. The number of aromatic nitrogens is 1. The molecule has 2 amide bonds. The van der Waals surface area contributed by atoms with Crippen LogP contribution in [0.4, 0.5) is 9.93 Å². The van der Waals surface area contributed by atoms with Gasteiger partial charge in [0.15, 0.2) is 11.2 Å². The number of thiazole rings is 1. The predicted octanol–water partition coefficient (Wildman–Crippen LogP) is 3.60. The molecular weight excluding hydrogens is 358 g/mol. The largest absolute Gasteiger partial charge is 0.435 e. The first-order valence-electron chi connectivity index (χ1n) is 7.80. The summed E-state index contributed by atoms with van der Waals surface area (Å²) in [6.07, 6.45) is -0.195. The fraction of sp³-hybridized carbons (Fsp3) is 0.353. The van der Waals surface area contributed by atoms with E-state index >= 15 is 0 Å². The number of rotatable bonds is 8. The number of hydrogen-bond donors (Lipinski definition) is 2. The average molecular weight is 380 g/mol. The second-order valence-electron chi connectivity index (χ2n) is 5.64. The van der Waals surface area contributed by atoms with Crippen molar-refractivity contribution in [3.05, 3.63) is 47.0 Å². The number of nitrogens with two attached hydrogens (primary N) is 1. The third-order valence-electron chi connectivity index (χ3n) is 3.25. The number of nitrogens with zero attached hydrogens (tertiary/aromatic N) is 1. The van der Waals surface area contributed by atoms with Crippen molar-refractivity contribution >= 4 is 40.2 Å². The monoisotopic (exact) mass is 379 g/mol. The number of hydrogen-bond acceptors (Lipinski definition) is 6. The molecule has 134 valence electrons. The molecule has 0 aliphatic carbocycles. The maximum atomic E-state index is 12.4. The molecule has 1 heterocycles. The lowest BCUT2D eigenvalue weighted by Gasteiger charge is -2.15. The molecule has 0 saturated heterocycles.